The topological polar surface area (TPSA) is 12.9 Å². The van der Waals surface area contributed by atoms with Crippen molar-refractivity contribution in [1.29, 1.82) is 0 Å². The first kappa shape index (κ1) is 12.1. The Hall–Kier alpha value is -1.34. The van der Waals surface area contributed by atoms with Crippen molar-refractivity contribution in [2.45, 2.75) is 19.8 Å². The van der Waals surface area contributed by atoms with Gasteiger partial charge >= 0.3 is 0 Å². The molecule has 2 aromatic rings. The summed E-state index contributed by atoms with van der Waals surface area (Å²) in [5, 5.41) is 0.775. The van der Waals surface area contributed by atoms with Crippen LogP contribution in [-0.4, -0.2) is 4.98 Å². The van der Waals surface area contributed by atoms with Gasteiger partial charge < -0.3 is 0 Å². The minimum absolute atomic E-state index is 0.327. The van der Waals surface area contributed by atoms with Gasteiger partial charge in [-0.05, 0) is 35.7 Å². The third-order valence-corrected chi connectivity index (χ3v) is 3.15. The molecular weight excluding hydrogens is 230 g/mol. The highest BCUT2D eigenvalue weighted by Crippen LogP contribution is 2.30. The molecule has 0 unspecified atom stereocenters. The number of hydrogen-bond acceptors (Lipinski definition) is 1. The van der Waals surface area contributed by atoms with Crippen molar-refractivity contribution in [3.05, 3.63) is 64.9 Å². The molecule has 88 valence electrons. The highest BCUT2D eigenvalue weighted by Gasteiger charge is 2.18. The first-order valence-electron chi connectivity index (χ1n) is 5.85. The van der Waals surface area contributed by atoms with Gasteiger partial charge in [0.2, 0.25) is 0 Å². The van der Waals surface area contributed by atoms with E-state index < -0.39 is 0 Å². The molecule has 0 radical (unpaired) electrons. The Morgan fingerprint density at radius 1 is 1.00 bits per heavy atom. The third-order valence-electron chi connectivity index (χ3n) is 2.90. The van der Waals surface area contributed by atoms with E-state index in [1.54, 1.807) is 0 Å². The van der Waals surface area contributed by atoms with Crippen LogP contribution < -0.4 is 0 Å². The number of rotatable bonds is 3. The summed E-state index contributed by atoms with van der Waals surface area (Å²) in [6, 6.07) is 14.1. The van der Waals surface area contributed by atoms with E-state index in [1.807, 2.05) is 30.5 Å². The molecule has 1 heterocycles. The van der Waals surface area contributed by atoms with Crippen molar-refractivity contribution in [2.24, 2.45) is 5.92 Å². The molecule has 0 fully saturated rings. The van der Waals surface area contributed by atoms with Crippen LogP contribution in [0.3, 0.4) is 0 Å². The van der Waals surface area contributed by atoms with Crippen molar-refractivity contribution in [1.82, 2.24) is 4.98 Å². The maximum atomic E-state index is 5.93. The summed E-state index contributed by atoms with van der Waals surface area (Å²) in [5.41, 5.74) is 2.38. The van der Waals surface area contributed by atoms with Gasteiger partial charge in [-0.1, -0.05) is 43.6 Å². The smallest absolute Gasteiger partial charge is 0.0480 e. The molecule has 0 aliphatic rings. The second-order valence-corrected chi connectivity index (χ2v) is 4.96. The quantitative estimate of drug-likeness (QED) is 0.775. The number of pyridine rings is 1. The van der Waals surface area contributed by atoms with Crippen LogP contribution in [0.15, 0.2) is 48.7 Å². The van der Waals surface area contributed by atoms with Crippen LogP contribution >= 0.6 is 11.6 Å². The van der Waals surface area contributed by atoms with Gasteiger partial charge in [-0.2, -0.15) is 0 Å². The van der Waals surface area contributed by atoms with E-state index >= 15 is 0 Å². The summed E-state index contributed by atoms with van der Waals surface area (Å²) < 4.78 is 0. The summed E-state index contributed by atoms with van der Waals surface area (Å²) in [4.78, 5) is 4.47. The second-order valence-electron chi connectivity index (χ2n) is 4.53. The zero-order chi connectivity index (χ0) is 12.3. The molecular formula is C15H16ClN. The molecule has 0 spiro atoms. The zero-order valence-electron chi connectivity index (χ0n) is 10.1. The number of aromatic nitrogens is 1. The van der Waals surface area contributed by atoms with E-state index in [9.17, 15) is 0 Å². The first-order valence-corrected chi connectivity index (χ1v) is 6.22. The van der Waals surface area contributed by atoms with Crippen LogP contribution in [0.4, 0.5) is 0 Å². The summed E-state index contributed by atoms with van der Waals surface area (Å²) in [6.07, 6.45) is 1.85. The number of hydrogen-bond donors (Lipinski definition) is 0. The summed E-state index contributed by atoms with van der Waals surface area (Å²) >= 11 is 5.93. The Bertz CT molecular complexity index is 462. The standard InChI is InChI=1S/C15H16ClN/c1-11(2)15(14-5-3-4-10-17-14)12-6-8-13(16)9-7-12/h3-11,15H,1-2H3/t15-/m0/s1. The Morgan fingerprint density at radius 2 is 1.71 bits per heavy atom. The average Bonchev–Trinajstić information content (AvgIpc) is 2.33. The largest absolute Gasteiger partial charge is 0.261 e. The molecule has 0 saturated carbocycles. The van der Waals surface area contributed by atoms with E-state index in [4.69, 9.17) is 11.6 Å². The lowest BCUT2D eigenvalue weighted by Crippen LogP contribution is -2.10. The summed E-state index contributed by atoms with van der Waals surface area (Å²) in [6.45, 7) is 4.43. The number of benzene rings is 1. The molecule has 1 nitrogen and oxygen atoms in total. The lowest BCUT2D eigenvalue weighted by molar-refractivity contribution is 0.552. The van der Waals surface area contributed by atoms with Crippen molar-refractivity contribution >= 4 is 11.6 Å². The maximum Gasteiger partial charge on any atom is 0.0480 e. The molecule has 17 heavy (non-hydrogen) atoms. The predicted molar refractivity (Wildman–Crippen MR) is 72.4 cm³/mol. The highest BCUT2D eigenvalue weighted by molar-refractivity contribution is 6.30. The van der Waals surface area contributed by atoms with Crippen molar-refractivity contribution in [2.75, 3.05) is 0 Å². The van der Waals surface area contributed by atoms with Crippen molar-refractivity contribution in [3.8, 4) is 0 Å². The van der Waals surface area contributed by atoms with Crippen LogP contribution in [0, 0.1) is 5.92 Å². The van der Waals surface area contributed by atoms with Gasteiger partial charge in [-0.25, -0.2) is 0 Å². The number of halogens is 1. The van der Waals surface area contributed by atoms with E-state index in [0.717, 1.165) is 10.7 Å². The van der Waals surface area contributed by atoms with Gasteiger partial charge in [0, 0.05) is 22.8 Å². The fraction of sp³-hybridized carbons (Fsp3) is 0.267. The molecule has 0 N–H and O–H groups in total. The van der Waals surface area contributed by atoms with Gasteiger partial charge in [-0.15, -0.1) is 0 Å². The van der Waals surface area contributed by atoms with Crippen LogP contribution in [0.2, 0.25) is 5.02 Å². The molecule has 1 aromatic carbocycles. The van der Waals surface area contributed by atoms with E-state index in [1.165, 1.54) is 5.56 Å². The van der Waals surface area contributed by atoms with Gasteiger partial charge in [-0.3, -0.25) is 4.98 Å². The monoisotopic (exact) mass is 245 g/mol. The van der Waals surface area contributed by atoms with Gasteiger partial charge in [0.15, 0.2) is 0 Å². The zero-order valence-corrected chi connectivity index (χ0v) is 10.9. The molecule has 0 aliphatic heterocycles. The fourth-order valence-corrected chi connectivity index (χ4v) is 2.25. The third kappa shape index (κ3) is 2.86. The Balaban J connectivity index is 2.39. The predicted octanol–water partition coefficient (Wildman–Crippen LogP) is 4.52. The highest BCUT2D eigenvalue weighted by atomic mass is 35.5. The minimum atomic E-state index is 0.327. The van der Waals surface area contributed by atoms with Crippen LogP contribution in [-0.2, 0) is 0 Å². The number of nitrogens with zero attached hydrogens (tertiary/aromatic N) is 1. The SMILES string of the molecule is CC(C)[C@@H](c1ccc(Cl)cc1)c1ccccn1. The molecule has 2 heteroatoms. The summed E-state index contributed by atoms with van der Waals surface area (Å²) in [7, 11) is 0. The fourth-order valence-electron chi connectivity index (χ4n) is 2.13. The van der Waals surface area contributed by atoms with Crippen LogP contribution in [0.5, 0.6) is 0 Å². The molecule has 2 rings (SSSR count). The summed E-state index contributed by atoms with van der Waals surface area (Å²) in [5.74, 6) is 0.833. The van der Waals surface area contributed by atoms with Gasteiger partial charge in [0.1, 0.15) is 0 Å². The minimum Gasteiger partial charge on any atom is -0.261 e. The van der Waals surface area contributed by atoms with Crippen molar-refractivity contribution < 1.29 is 0 Å². The van der Waals surface area contributed by atoms with E-state index in [0.29, 0.717) is 11.8 Å². The van der Waals surface area contributed by atoms with Gasteiger partial charge in [0.05, 0.1) is 0 Å². The Kier molecular flexibility index (Phi) is 3.80. The molecule has 0 saturated heterocycles. The second kappa shape index (κ2) is 5.33. The Labute approximate surface area is 107 Å². The van der Waals surface area contributed by atoms with Gasteiger partial charge in [0.25, 0.3) is 0 Å². The lowest BCUT2D eigenvalue weighted by Gasteiger charge is -2.20. The van der Waals surface area contributed by atoms with Crippen molar-refractivity contribution in [3.63, 3.8) is 0 Å². The molecule has 0 bridgehead atoms. The normalized spacial score (nSPS) is 12.7. The maximum absolute atomic E-state index is 5.93. The Morgan fingerprint density at radius 3 is 2.24 bits per heavy atom. The van der Waals surface area contributed by atoms with Crippen LogP contribution in [0.1, 0.15) is 31.0 Å². The average molecular weight is 246 g/mol. The molecule has 0 amide bonds. The van der Waals surface area contributed by atoms with E-state index in [2.05, 4.69) is 37.0 Å². The molecule has 0 aliphatic carbocycles. The molecule has 1 aromatic heterocycles. The molecule has 1 atom stereocenters. The first-order chi connectivity index (χ1) is 8.18. The van der Waals surface area contributed by atoms with E-state index in [-0.39, 0.29) is 0 Å². The van der Waals surface area contributed by atoms with Crippen LogP contribution in [0.25, 0.3) is 0 Å². The lowest BCUT2D eigenvalue weighted by atomic mass is 9.85.